The van der Waals surface area contributed by atoms with Crippen LogP contribution >= 0.6 is 0 Å². The highest BCUT2D eigenvalue weighted by molar-refractivity contribution is 7.89. The van der Waals surface area contributed by atoms with Crippen LogP contribution in [-0.2, 0) is 14.8 Å². The number of carbonyl (C=O) groups excluding carboxylic acids is 1. The second-order valence-electron chi connectivity index (χ2n) is 6.24. The van der Waals surface area contributed by atoms with E-state index in [4.69, 9.17) is 9.47 Å². The number of carbonyl (C=O) groups is 1. The van der Waals surface area contributed by atoms with Crippen LogP contribution in [-0.4, -0.2) is 56.5 Å². The van der Waals surface area contributed by atoms with Crippen LogP contribution in [0.2, 0.25) is 0 Å². The normalized spacial score (nSPS) is 15.2. The molecular weight excluding hydrogens is 382 g/mol. The molecule has 2 aromatic rings. The molecule has 1 saturated heterocycles. The average molecular weight is 405 g/mol. The van der Waals surface area contributed by atoms with E-state index in [1.165, 1.54) is 16.4 Å². The molecular formula is C19H23N3O5S. The highest BCUT2D eigenvalue weighted by Crippen LogP contribution is 2.24. The van der Waals surface area contributed by atoms with Gasteiger partial charge in [0.15, 0.2) is 0 Å². The van der Waals surface area contributed by atoms with E-state index in [-0.39, 0.29) is 10.5 Å². The van der Waals surface area contributed by atoms with Crippen LogP contribution in [0.15, 0.2) is 41.4 Å². The van der Waals surface area contributed by atoms with Crippen molar-refractivity contribution in [2.24, 2.45) is 0 Å². The van der Waals surface area contributed by atoms with Crippen LogP contribution in [0.5, 0.6) is 5.88 Å². The molecule has 0 unspecified atom stereocenters. The second-order valence-corrected chi connectivity index (χ2v) is 8.17. The number of pyridine rings is 1. The highest BCUT2D eigenvalue weighted by atomic mass is 32.2. The second kappa shape index (κ2) is 8.68. The lowest BCUT2D eigenvalue weighted by atomic mass is 10.1. The summed E-state index contributed by atoms with van der Waals surface area (Å²) in [4.78, 5) is 17.0. The fourth-order valence-corrected chi connectivity index (χ4v) is 4.30. The molecule has 3 rings (SSSR count). The lowest BCUT2D eigenvalue weighted by Crippen LogP contribution is -2.40. The van der Waals surface area contributed by atoms with Gasteiger partial charge in [-0.05, 0) is 43.7 Å². The zero-order chi connectivity index (χ0) is 20.1. The van der Waals surface area contributed by atoms with Crippen molar-refractivity contribution < 1.29 is 22.7 Å². The Labute approximate surface area is 164 Å². The summed E-state index contributed by atoms with van der Waals surface area (Å²) in [6, 6.07) is 7.93. The fourth-order valence-electron chi connectivity index (χ4n) is 2.87. The minimum atomic E-state index is -3.69. The number of nitrogens with zero attached hydrogens (tertiary/aromatic N) is 2. The number of rotatable bonds is 6. The van der Waals surface area contributed by atoms with E-state index in [2.05, 4.69) is 10.3 Å². The highest BCUT2D eigenvalue weighted by Gasteiger charge is 2.27. The summed E-state index contributed by atoms with van der Waals surface area (Å²) in [5.74, 6) is -0.112. The number of aryl methyl sites for hydroxylation is 1. The quantitative estimate of drug-likeness (QED) is 0.790. The van der Waals surface area contributed by atoms with E-state index in [0.29, 0.717) is 50.0 Å². The minimum absolute atomic E-state index is 0.0846. The maximum Gasteiger partial charge on any atom is 0.256 e. The minimum Gasteiger partial charge on any atom is -0.476 e. The summed E-state index contributed by atoms with van der Waals surface area (Å²) < 4.78 is 37.8. The molecule has 1 aliphatic rings. The number of amides is 1. The molecule has 1 amide bonds. The molecule has 1 aromatic carbocycles. The van der Waals surface area contributed by atoms with E-state index in [0.717, 1.165) is 0 Å². The number of hydrogen-bond acceptors (Lipinski definition) is 6. The van der Waals surface area contributed by atoms with Crippen LogP contribution < -0.4 is 10.1 Å². The number of benzene rings is 1. The molecule has 0 aliphatic carbocycles. The molecule has 1 fully saturated rings. The van der Waals surface area contributed by atoms with E-state index in [9.17, 15) is 13.2 Å². The van der Waals surface area contributed by atoms with Crippen molar-refractivity contribution in [1.82, 2.24) is 9.29 Å². The van der Waals surface area contributed by atoms with Gasteiger partial charge in [-0.1, -0.05) is 6.07 Å². The Kier molecular flexibility index (Phi) is 6.28. The first-order chi connectivity index (χ1) is 13.4. The van der Waals surface area contributed by atoms with Crippen LogP contribution in [0.1, 0.15) is 22.8 Å². The molecule has 1 N–H and O–H groups in total. The predicted molar refractivity (Wildman–Crippen MR) is 104 cm³/mol. The maximum absolute atomic E-state index is 12.9. The van der Waals surface area contributed by atoms with Gasteiger partial charge in [-0.3, -0.25) is 4.79 Å². The van der Waals surface area contributed by atoms with Gasteiger partial charge in [-0.25, -0.2) is 13.4 Å². The number of ether oxygens (including phenoxy) is 2. The van der Waals surface area contributed by atoms with Gasteiger partial charge in [0.2, 0.25) is 15.9 Å². The Morgan fingerprint density at radius 2 is 2.04 bits per heavy atom. The molecule has 0 bridgehead atoms. The maximum atomic E-state index is 12.9. The average Bonchev–Trinajstić information content (AvgIpc) is 2.70. The van der Waals surface area contributed by atoms with E-state index >= 15 is 0 Å². The molecule has 28 heavy (non-hydrogen) atoms. The van der Waals surface area contributed by atoms with Crippen molar-refractivity contribution in [2.45, 2.75) is 18.7 Å². The van der Waals surface area contributed by atoms with Crippen molar-refractivity contribution >= 4 is 21.6 Å². The zero-order valence-electron chi connectivity index (χ0n) is 15.8. The number of morpholine rings is 1. The van der Waals surface area contributed by atoms with Crippen molar-refractivity contribution in [3.05, 3.63) is 47.7 Å². The summed E-state index contributed by atoms with van der Waals surface area (Å²) in [7, 11) is -3.69. The zero-order valence-corrected chi connectivity index (χ0v) is 16.7. The van der Waals surface area contributed by atoms with Gasteiger partial charge in [-0.2, -0.15) is 4.31 Å². The van der Waals surface area contributed by atoms with E-state index < -0.39 is 15.9 Å². The van der Waals surface area contributed by atoms with Gasteiger partial charge < -0.3 is 14.8 Å². The molecule has 0 saturated carbocycles. The SMILES string of the molecule is CCOc1ncccc1NC(=O)c1cc(S(=O)(=O)N2CCOCC2)ccc1C. The van der Waals surface area contributed by atoms with Gasteiger partial charge in [-0.15, -0.1) is 0 Å². The van der Waals surface area contributed by atoms with Gasteiger partial charge in [0.1, 0.15) is 5.69 Å². The summed E-state index contributed by atoms with van der Waals surface area (Å²) in [5, 5.41) is 2.76. The lowest BCUT2D eigenvalue weighted by Gasteiger charge is -2.26. The van der Waals surface area contributed by atoms with E-state index in [1.54, 1.807) is 31.3 Å². The van der Waals surface area contributed by atoms with Gasteiger partial charge in [0.25, 0.3) is 5.91 Å². The molecule has 0 spiro atoms. The summed E-state index contributed by atoms with van der Waals surface area (Å²) >= 11 is 0. The summed E-state index contributed by atoms with van der Waals surface area (Å²) in [5.41, 5.74) is 1.37. The smallest absolute Gasteiger partial charge is 0.256 e. The van der Waals surface area contributed by atoms with Crippen molar-refractivity contribution in [3.8, 4) is 5.88 Å². The first kappa shape index (κ1) is 20.2. The van der Waals surface area contributed by atoms with Gasteiger partial charge in [0.05, 0.1) is 24.7 Å². The Hall–Kier alpha value is -2.49. The number of aromatic nitrogens is 1. The molecule has 1 aromatic heterocycles. The Bertz CT molecular complexity index is 956. The third kappa shape index (κ3) is 4.32. The lowest BCUT2D eigenvalue weighted by molar-refractivity contribution is 0.0730. The van der Waals surface area contributed by atoms with Gasteiger partial charge in [0, 0.05) is 24.8 Å². The van der Waals surface area contributed by atoms with Crippen molar-refractivity contribution in [2.75, 3.05) is 38.2 Å². The van der Waals surface area contributed by atoms with Gasteiger partial charge >= 0.3 is 0 Å². The molecule has 150 valence electrons. The van der Waals surface area contributed by atoms with Crippen molar-refractivity contribution in [1.29, 1.82) is 0 Å². The van der Waals surface area contributed by atoms with Crippen LogP contribution in [0, 0.1) is 6.92 Å². The van der Waals surface area contributed by atoms with Crippen LogP contribution in [0.4, 0.5) is 5.69 Å². The topological polar surface area (TPSA) is 97.8 Å². The number of nitrogens with one attached hydrogen (secondary N) is 1. The summed E-state index contributed by atoms with van der Waals surface area (Å²) in [6.07, 6.45) is 1.57. The predicted octanol–water partition coefficient (Wildman–Crippen LogP) is 2.06. The third-order valence-corrected chi connectivity index (χ3v) is 6.26. The first-order valence-corrected chi connectivity index (χ1v) is 10.4. The molecule has 1 aliphatic heterocycles. The Morgan fingerprint density at radius 3 is 2.75 bits per heavy atom. The first-order valence-electron chi connectivity index (χ1n) is 9.01. The fraction of sp³-hybridized carbons (Fsp3) is 0.368. The molecule has 0 atom stereocenters. The van der Waals surface area contributed by atoms with Crippen LogP contribution in [0.3, 0.4) is 0 Å². The molecule has 9 heteroatoms. The molecule has 8 nitrogen and oxygen atoms in total. The number of hydrogen-bond donors (Lipinski definition) is 1. The molecule has 2 heterocycles. The van der Waals surface area contributed by atoms with E-state index in [1.807, 2.05) is 6.92 Å². The standard InChI is InChI=1S/C19H23N3O5S/c1-3-27-19-17(5-4-8-20-19)21-18(23)16-13-15(7-6-14(16)2)28(24,25)22-9-11-26-12-10-22/h4-8,13H,3,9-12H2,1-2H3,(H,21,23). The Morgan fingerprint density at radius 1 is 1.29 bits per heavy atom. The van der Waals surface area contributed by atoms with Crippen molar-refractivity contribution in [3.63, 3.8) is 0 Å². The number of sulfonamides is 1. The Balaban J connectivity index is 1.88. The summed E-state index contributed by atoms with van der Waals surface area (Å²) in [6.45, 7) is 5.30. The monoisotopic (exact) mass is 405 g/mol. The van der Waals surface area contributed by atoms with Crippen LogP contribution in [0.25, 0.3) is 0 Å². The number of anilines is 1. The molecule has 0 radical (unpaired) electrons. The largest absolute Gasteiger partial charge is 0.476 e. The third-order valence-electron chi connectivity index (χ3n) is 4.36.